The molecule has 8 heteroatoms. The molecule has 1 aliphatic rings. The van der Waals surface area contributed by atoms with Gasteiger partial charge in [0.1, 0.15) is 16.5 Å². The van der Waals surface area contributed by atoms with Crippen molar-refractivity contribution in [2.24, 2.45) is 0 Å². The molecule has 0 saturated heterocycles. The first-order chi connectivity index (χ1) is 17.2. The average molecular weight is 504 g/mol. The Labute approximate surface area is 214 Å². The Hall–Kier alpha value is -4.10. The topological polar surface area (TPSA) is 87.7 Å². The van der Waals surface area contributed by atoms with Gasteiger partial charge in [-0.05, 0) is 72.5 Å². The summed E-state index contributed by atoms with van der Waals surface area (Å²) < 4.78 is 5.33. The SMILES string of the molecule is COc1ccc(C)cc1N1C(=O)C(Cl)=C(Nc2ccc(C(=O)Nc3ccc(C(C)C)cc3)cc2)C1=O. The standard InChI is InChI=1S/C28H26ClN3O4/c1-16(2)18-6-10-21(11-7-18)31-26(33)19-8-12-20(13-9-19)30-25-24(29)27(34)32(28(25)35)22-15-17(3)5-14-23(22)36-4/h5-16,30H,1-4H3,(H,31,33). The molecule has 184 valence electrons. The van der Waals surface area contributed by atoms with Crippen LogP contribution in [-0.4, -0.2) is 24.8 Å². The summed E-state index contributed by atoms with van der Waals surface area (Å²) in [5.41, 5.74) is 3.95. The molecule has 36 heavy (non-hydrogen) atoms. The number of benzene rings is 3. The fraction of sp³-hybridized carbons (Fsp3) is 0.179. The number of nitrogens with one attached hydrogen (secondary N) is 2. The first-order valence-electron chi connectivity index (χ1n) is 11.4. The number of carbonyl (C=O) groups is 3. The van der Waals surface area contributed by atoms with Crippen LogP contribution in [0.4, 0.5) is 17.1 Å². The smallest absolute Gasteiger partial charge is 0.283 e. The fourth-order valence-corrected chi connectivity index (χ4v) is 4.02. The molecule has 0 aromatic heterocycles. The van der Waals surface area contributed by atoms with E-state index >= 15 is 0 Å². The number of anilines is 3. The molecule has 0 atom stereocenters. The molecule has 0 bridgehead atoms. The zero-order valence-corrected chi connectivity index (χ0v) is 21.1. The van der Waals surface area contributed by atoms with E-state index in [2.05, 4.69) is 24.5 Å². The van der Waals surface area contributed by atoms with E-state index in [-0.39, 0.29) is 16.6 Å². The summed E-state index contributed by atoms with van der Waals surface area (Å²) in [6.45, 7) is 6.07. The number of imide groups is 1. The lowest BCUT2D eigenvalue weighted by molar-refractivity contribution is -0.120. The number of amides is 3. The largest absolute Gasteiger partial charge is 0.495 e. The van der Waals surface area contributed by atoms with Gasteiger partial charge in [0.25, 0.3) is 17.7 Å². The van der Waals surface area contributed by atoms with Gasteiger partial charge in [-0.3, -0.25) is 14.4 Å². The Morgan fingerprint density at radius 1 is 0.917 bits per heavy atom. The molecule has 3 aromatic carbocycles. The van der Waals surface area contributed by atoms with Gasteiger partial charge in [-0.2, -0.15) is 0 Å². The third kappa shape index (κ3) is 4.97. The van der Waals surface area contributed by atoms with Gasteiger partial charge in [-0.25, -0.2) is 4.90 Å². The van der Waals surface area contributed by atoms with Gasteiger partial charge in [0.2, 0.25) is 0 Å². The summed E-state index contributed by atoms with van der Waals surface area (Å²) in [6, 6.07) is 19.4. The molecule has 4 rings (SSSR count). The van der Waals surface area contributed by atoms with E-state index in [1.807, 2.05) is 37.3 Å². The zero-order valence-electron chi connectivity index (χ0n) is 20.4. The van der Waals surface area contributed by atoms with Crippen LogP contribution in [0, 0.1) is 6.92 Å². The summed E-state index contributed by atoms with van der Waals surface area (Å²) in [6.07, 6.45) is 0. The highest BCUT2D eigenvalue weighted by molar-refractivity contribution is 6.53. The van der Waals surface area contributed by atoms with Crippen molar-refractivity contribution < 1.29 is 19.1 Å². The summed E-state index contributed by atoms with van der Waals surface area (Å²) >= 11 is 6.26. The van der Waals surface area contributed by atoms with Gasteiger partial charge in [-0.1, -0.05) is 43.6 Å². The first-order valence-corrected chi connectivity index (χ1v) is 11.8. The number of nitrogens with zero attached hydrogens (tertiary/aromatic N) is 1. The van der Waals surface area contributed by atoms with Gasteiger partial charge in [0, 0.05) is 16.9 Å². The summed E-state index contributed by atoms with van der Waals surface area (Å²) in [4.78, 5) is 39.6. The van der Waals surface area contributed by atoms with E-state index in [1.165, 1.54) is 12.7 Å². The Kier molecular flexibility index (Phi) is 7.12. The van der Waals surface area contributed by atoms with Gasteiger partial charge in [0.05, 0.1) is 12.8 Å². The predicted molar refractivity (Wildman–Crippen MR) is 142 cm³/mol. The van der Waals surface area contributed by atoms with Crippen LogP contribution in [-0.2, 0) is 9.59 Å². The number of hydrogen-bond donors (Lipinski definition) is 2. The third-order valence-electron chi connectivity index (χ3n) is 5.85. The summed E-state index contributed by atoms with van der Waals surface area (Å²) in [5.74, 6) is -0.720. The number of carbonyl (C=O) groups excluding carboxylic acids is 3. The molecule has 3 amide bonds. The molecular formula is C28H26ClN3O4. The second kappa shape index (κ2) is 10.3. The van der Waals surface area contributed by atoms with Gasteiger partial charge in [-0.15, -0.1) is 0 Å². The number of methoxy groups -OCH3 is 1. The van der Waals surface area contributed by atoms with Crippen LogP contribution in [0.15, 0.2) is 77.5 Å². The lowest BCUT2D eigenvalue weighted by Gasteiger charge is -2.18. The van der Waals surface area contributed by atoms with Crippen LogP contribution in [0.5, 0.6) is 5.75 Å². The fourth-order valence-electron chi connectivity index (χ4n) is 3.81. The molecule has 0 aliphatic carbocycles. The van der Waals surface area contributed by atoms with Crippen LogP contribution in [0.25, 0.3) is 0 Å². The summed E-state index contributed by atoms with van der Waals surface area (Å²) in [7, 11) is 1.46. The van der Waals surface area contributed by atoms with Crippen molar-refractivity contribution in [2.75, 3.05) is 22.6 Å². The second-order valence-electron chi connectivity index (χ2n) is 8.74. The minimum absolute atomic E-state index is 0.0485. The van der Waals surface area contributed by atoms with Crippen LogP contribution >= 0.6 is 11.6 Å². The number of aryl methyl sites for hydroxylation is 1. The van der Waals surface area contributed by atoms with Crippen LogP contribution in [0.2, 0.25) is 0 Å². The molecule has 0 spiro atoms. The summed E-state index contributed by atoms with van der Waals surface area (Å²) in [5, 5.41) is 5.56. The molecular weight excluding hydrogens is 478 g/mol. The van der Waals surface area contributed by atoms with E-state index in [0.717, 1.165) is 10.5 Å². The Morgan fingerprint density at radius 2 is 1.56 bits per heavy atom. The maximum Gasteiger partial charge on any atom is 0.283 e. The van der Waals surface area contributed by atoms with E-state index in [9.17, 15) is 14.4 Å². The van der Waals surface area contributed by atoms with Crippen molar-refractivity contribution in [1.29, 1.82) is 0 Å². The van der Waals surface area contributed by atoms with Crippen LogP contribution in [0.3, 0.4) is 0 Å². The van der Waals surface area contributed by atoms with E-state index in [0.29, 0.717) is 34.3 Å². The predicted octanol–water partition coefficient (Wildman–Crippen LogP) is 5.82. The first kappa shape index (κ1) is 25.0. The molecule has 2 N–H and O–H groups in total. The number of ether oxygens (including phenoxy) is 1. The highest BCUT2D eigenvalue weighted by Gasteiger charge is 2.40. The maximum absolute atomic E-state index is 13.1. The van der Waals surface area contributed by atoms with Crippen LogP contribution < -0.4 is 20.3 Å². The Balaban J connectivity index is 1.48. The zero-order chi connectivity index (χ0) is 26.0. The van der Waals surface area contributed by atoms with Crippen molar-refractivity contribution in [2.45, 2.75) is 26.7 Å². The van der Waals surface area contributed by atoms with E-state index in [4.69, 9.17) is 16.3 Å². The maximum atomic E-state index is 13.1. The molecule has 0 saturated carbocycles. The Bertz CT molecular complexity index is 1360. The Morgan fingerprint density at radius 3 is 2.17 bits per heavy atom. The molecule has 3 aromatic rings. The van der Waals surface area contributed by atoms with Gasteiger partial charge >= 0.3 is 0 Å². The van der Waals surface area contributed by atoms with Crippen LogP contribution in [0.1, 0.15) is 41.3 Å². The molecule has 1 aliphatic heterocycles. The molecule has 0 unspecified atom stereocenters. The number of hydrogen-bond acceptors (Lipinski definition) is 5. The third-order valence-corrected chi connectivity index (χ3v) is 6.20. The molecule has 7 nitrogen and oxygen atoms in total. The number of rotatable bonds is 7. The van der Waals surface area contributed by atoms with Gasteiger partial charge in [0.15, 0.2) is 0 Å². The lowest BCUT2D eigenvalue weighted by Crippen LogP contribution is -2.32. The lowest BCUT2D eigenvalue weighted by atomic mass is 10.0. The van der Waals surface area contributed by atoms with Crippen molar-refractivity contribution in [1.82, 2.24) is 0 Å². The monoisotopic (exact) mass is 503 g/mol. The van der Waals surface area contributed by atoms with Crippen molar-refractivity contribution in [3.05, 3.63) is 94.1 Å². The highest BCUT2D eigenvalue weighted by atomic mass is 35.5. The highest BCUT2D eigenvalue weighted by Crippen LogP contribution is 2.36. The normalized spacial score (nSPS) is 13.4. The molecule has 0 fully saturated rings. The molecule has 0 radical (unpaired) electrons. The van der Waals surface area contributed by atoms with E-state index < -0.39 is 11.8 Å². The molecule has 1 heterocycles. The second-order valence-corrected chi connectivity index (χ2v) is 9.12. The van der Waals surface area contributed by atoms with Gasteiger partial charge < -0.3 is 15.4 Å². The minimum Gasteiger partial charge on any atom is -0.495 e. The quantitative estimate of drug-likeness (QED) is 0.397. The van der Waals surface area contributed by atoms with Crippen molar-refractivity contribution in [3.63, 3.8) is 0 Å². The number of halogens is 1. The average Bonchev–Trinajstić information content (AvgIpc) is 3.07. The van der Waals surface area contributed by atoms with Crippen molar-refractivity contribution in [3.8, 4) is 5.75 Å². The van der Waals surface area contributed by atoms with Crippen molar-refractivity contribution >= 4 is 46.4 Å². The minimum atomic E-state index is -0.646. The van der Waals surface area contributed by atoms with E-state index in [1.54, 1.807) is 36.4 Å².